The lowest BCUT2D eigenvalue weighted by Crippen LogP contribution is -2.07. The fourth-order valence-corrected chi connectivity index (χ4v) is 2.10. The highest BCUT2D eigenvalue weighted by Gasteiger charge is 2.07. The zero-order valence-corrected chi connectivity index (χ0v) is 11.8. The minimum absolute atomic E-state index is 0.0102. The fraction of sp³-hybridized carbons (Fsp3) is 0.118. The van der Waals surface area contributed by atoms with Crippen LogP contribution in [0.5, 0.6) is 0 Å². The second-order valence-corrected chi connectivity index (χ2v) is 4.88. The van der Waals surface area contributed by atoms with Crippen molar-refractivity contribution in [3.63, 3.8) is 0 Å². The van der Waals surface area contributed by atoms with Gasteiger partial charge in [-0.1, -0.05) is 54.1 Å². The molecule has 0 saturated heterocycles. The first kappa shape index (κ1) is 14.5. The van der Waals surface area contributed by atoms with Crippen LogP contribution in [0.2, 0.25) is 5.02 Å². The molecule has 0 unspecified atom stereocenters. The third kappa shape index (κ3) is 3.80. The van der Waals surface area contributed by atoms with Crippen molar-refractivity contribution in [1.82, 2.24) is 0 Å². The average Bonchev–Trinajstić information content (AvgIpc) is 2.47. The van der Waals surface area contributed by atoms with Crippen LogP contribution in [0.4, 0.5) is 0 Å². The van der Waals surface area contributed by atoms with Gasteiger partial charge in [-0.25, -0.2) is 0 Å². The summed E-state index contributed by atoms with van der Waals surface area (Å²) in [6.45, 7) is 0.533. The quantitative estimate of drug-likeness (QED) is 0.672. The van der Waals surface area contributed by atoms with Gasteiger partial charge in [0.25, 0.3) is 0 Å². The molecular formula is C17H16ClNO. The molecular weight excluding hydrogens is 270 g/mol. The number of halogens is 1. The van der Waals surface area contributed by atoms with Crippen LogP contribution in [0.15, 0.2) is 54.6 Å². The number of rotatable bonds is 5. The Morgan fingerprint density at radius 3 is 2.50 bits per heavy atom. The summed E-state index contributed by atoms with van der Waals surface area (Å²) in [6, 6.07) is 14.9. The van der Waals surface area contributed by atoms with E-state index in [1.807, 2.05) is 36.4 Å². The fourth-order valence-electron chi connectivity index (χ4n) is 1.97. The van der Waals surface area contributed by atoms with Gasteiger partial charge in [-0.2, -0.15) is 0 Å². The van der Waals surface area contributed by atoms with Gasteiger partial charge in [0.1, 0.15) is 0 Å². The summed E-state index contributed by atoms with van der Waals surface area (Å²) in [6.07, 6.45) is 4.08. The molecule has 0 aliphatic carbocycles. The molecule has 20 heavy (non-hydrogen) atoms. The zero-order valence-electron chi connectivity index (χ0n) is 11.1. The third-order valence-corrected chi connectivity index (χ3v) is 3.25. The van der Waals surface area contributed by atoms with Gasteiger partial charge in [0, 0.05) is 10.6 Å². The van der Waals surface area contributed by atoms with Gasteiger partial charge >= 0.3 is 0 Å². The third-order valence-electron chi connectivity index (χ3n) is 2.99. The van der Waals surface area contributed by atoms with Crippen molar-refractivity contribution in [3.8, 4) is 0 Å². The lowest BCUT2D eigenvalue weighted by atomic mass is 10.0. The van der Waals surface area contributed by atoms with Crippen molar-refractivity contribution in [1.29, 1.82) is 0 Å². The highest BCUT2D eigenvalue weighted by Crippen LogP contribution is 2.13. The molecule has 0 radical (unpaired) electrons. The lowest BCUT2D eigenvalue weighted by molar-refractivity contribution is 0.104. The van der Waals surface area contributed by atoms with Gasteiger partial charge < -0.3 is 5.73 Å². The van der Waals surface area contributed by atoms with Crippen molar-refractivity contribution in [3.05, 3.63) is 76.3 Å². The molecule has 0 bridgehead atoms. The second kappa shape index (κ2) is 7.04. The predicted octanol–water partition coefficient (Wildman–Crippen LogP) is 3.74. The predicted molar refractivity (Wildman–Crippen MR) is 84.0 cm³/mol. The van der Waals surface area contributed by atoms with E-state index in [1.54, 1.807) is 24.3 Å². The summed E-state index contributed by atoms with van der Waals surface area (Å²) in [5, 5.41) is 0.682. The Morgan fingerprint density at radius 2 is 1.80 bits per heavy atom. The Labute approximate surface area is 123 Å². The molecule has 2 aromatic rings. The van der Waals surface area contributed by atoms with Crippen LogP contribution in [-0.4, -0.2) is 12.3 Å². The molecule has 0 aliphatic heterocycles. The van der Waals surface area contributed by atoms with Crippen molar-refractivity contribution in [2.24, 2.45) is 5.73 Å². The van der Waals surface area contributed by atoms with Crippen molar-refractivity contribution < 1.29 is 4.79 Å². The Kier molecular flexibility index (Phi) is 5.10. The molecule has 2 nitrogen and oxygen atoms in total. The summed E-state index contributed by atoms with van der Waals surface area (Å²) in [4.78, 5) is 12.2. The monoisotopic (exact) mass is 285 g/mol. The van der Waals surface area contributed by atoms with Crippen LogP contribution in [0, 0.1) is 0 Å². The summed E-state index contributed by atoms with van der Waals surface area (Å²) in [5.41, 5.74) is 8.21. The molecule has 2 rings (SSSR count). The molecule has 102 valence electrons. The standard InChI is InChI=1S/C17H16ClNO/c18-15-8-5-13(6-9-15)7-10-17(20)16-4-2-1-3-14(16)11-12-19/h1-10H,11-12,19H2. The number of nitrogens with two attached hydrogens (primary N) is 1. The van der Waals surface area contributed by atoms with Crippen molar-refractivity contribution >= 4 is 23.5 Å². The van der Waals surface area contributed by atoms with Gasteiger partial charge in [-0.15, -0.1) is 0 Å². The van der Waals surface area contributed by atoms with E-state index in [1.165, 1.54) is 0 Å². The maximum Gasteiger partial charge on any atom is 0.186 e. The molecule has 0 aliphatic rings. The Bertz CT molecular complexity index is 617. The van der Waals surface area contributed by atoms with E-state index in [4.69, 9.17) is 17.3 Å². The molecule has 0 aromatic heterocycles. The van der Waals surface area contributed by atoms with E-state index in [0.717, 1.165) is 11.1 Å². The highest BCUT2D eigenvalue weighted by atomic mass is 35.5. The maximum absolute atomic E-state index is 12.2. The number of hydrogen-bond donors (Lipinski definition) is 1. The molecule has 2 aromatic carbocycles. The molecule has 0 atom stereocenters. The lowest BCUT2D eigenvalue weighted by Gasteiger charge is -2.04. The highest BCUT2D eigenvalue weighted by molar-refractivity contribution is 6.30. The minimum atomic E-state index is -0.0102. The number of carbonyl (C=O) groups is 1. The summed E-state index contributed by atoms with van der Waals surface area (Å²) >= 11 is 5.82. The molecule has 0 heterocycles. The van der Waals surface area contributed by atoms with Gasteiger partial charge in [0.15, 0.2) is 5.78 Å². The normalized spacial score (nSPS) is 10.9. The maximum atomic E-state index is 12.2. The number of allylic oxidation sites excluding steroid dienone is 1. The topological polar surface area (TPSA) is 43.1 Å². The first-order valence-corrected chi connectivity index (χ1v) is 6.84. The number of benzene rings is 2. The van der Waals surface area contributed by atoms with E-state index in [0.29, 0.717) is 23.6 Å². The average molecular weight is 286 g/mol. The Hall–Kier alpha value is -1.90. The molecule has 0 fully saturated rings. The number of hydrogen-bond acceptors (Lipinski definition) is 2. The summed E-state index contributed by atoms with van der Waals surface area (Å²) in [7, 11) is 0. The molecule has 0 amide bonds. The van der Waals surface area contributed by atoms with Crippen LogP contribution < -0.4 is 5.73 Å². The van der Waals surface area contributed by atoms with E-state index in [9.17, 15) is 4.79 Å². The smallest absolute Gasteiger partial charge is 0.186 e. The van der Waals surface area contributed by atoms with Crippen LogP contribution >= 0.6 is 11.6 Å². The van der Waals surface area contributed by atoms with Crippen molar-refractivity contribution in [2.75, 3.05) is 6.54 Å². The first-order chi connectivity index (χ1) is 9.70. The first-order valence-electron chi connectivity index (χ1n) is 6.46. The second-order valence-electron chi connectivity index (χ2n) is 4.44. The van der Waals surface area contributed by atoms with Crippen LogP contribution in [0.1, 0.15) is 21.5 Å². The largest absolute Gasteiger partial charge is 0.330 e. The van der Waals surface area contributed by atoms with Crippen LogP contribution in [-0.2, 0) is 6.42 Å². The number of ketones is 1. The van der Waals surface area contributed by atoms with Gasteiger partial charge in [0.2, 0.25) is 0 Å². The van der Waals surface area contributed by atoms with Gasteiger partial charge in [-0.05, 0) is 42.3 Å². The summed E-state index contributed by atoms with van der Waals surface area (Å²) in [5.74, 6) is -0.0102. The Morgan fingerprint density at radius 1 is 1.10 bits per heavy atom. The SMILES string of the molecule is NCCc1ccccc1C(=O)C=Cc1ccc(Cl)cc1. The molecule has 0 spiro atoms. The zero-order chi connectivity index (χ0) is 14.4. The number of carbonyl (C=O) groups excluding carboxylic acids is 1. The van der Waals surface area contributed by atoms with Crippen molar-refractivity contribution in [2.45, 2.75) is 6.42 Å². The van der Waals surface area contributed by atoms with Gasteiger partial charge in [-0.3, -0.25) is 4.79 Å². The van der Waals surface area contributed by atoms with E-state index < -0.39 is 0 Å². The van der Waals surface area contributed by atoms with Crippen LogP contribution in [0.25, 0.3) is 6.08 Å². The molecule has 2 N–H and O–H groups in total. The van der Waals surface area contributed by atoms with E-state index >= 15 is 0 Å². The minimum Gasteiger partial charge on any atom is -0.330 e. The van der Waals surface area contributed by atoms with Gasteiger partial charge in [0.05, 0.1) is 0 Å². The molecule has 0 saturated carbocycles. The van der Waals surface area contributed by atoms with E-state index in [-0.39, 0.29) is 5.78 Å². The molecule has 3 heteroatoms. The summed E-state index contributed by atoms with van der Waals surface area (Å²) < 4.78 is 0. The Balaban J connectivity index is 2.17. The van der Waals surface area contributed by atoms with E-state index in [2.05, 4.69) is 0 Å². The van der Waals surface area contributed by atoms with Crippen LogP contribution in [0.3, 0.4) is 0 Å².